The largest absolute Gasteiger partial charge is 0.481 e. The smallest absolute Gasteiger partial charge is 0.308 e. The Balaban J connectivity index is 1.53. The van der Waals surface area contributed by atoms with E-state index in [1.165, 1.54) is 0 Å². The fourth-order valence-electron chi connectivity index (χ4n) is 3.43. The first-order valence-electron chi connectivity index (χ1n) is 9.28. The average molecular weight is 384 g/mol. The molecule has 0 spiro atoms. The van der Waals surface area contributed by atoms with E-state index in [2.05, 4.69) is 5.32 Å². The maximum atomic E-state index is 12.5. The highest BCUT2D eigenvalue weighted by molar-refractivity contribution is 5.89. The number of nitrogens with one attached hydrogen (secondary N) is 1. The van der Waals surface area contributed by atoms with Crippen molar-refractivity contribution >= 4 is 17.8 Å². The van der Waals surface area contributed by atoms with Gasteiger partial charge in [0, 0.05) is 19.5 Å². The van der Waals surface area contributed by atoms with Gasteiger partial charge in [-0.15, -0.1) is 0 Å². The van der Waals surface area contributed by atoms with E-state index >= 15 is 0 Å². The summed E-state index contributed by atoms with van der Waals surface area (Å²) in [4.78, 5) is 37.8. The number of nitrogens with zero attached hydrogens (tertiary/aromatic N) is 1. The first-order valence-corrected chi connectivity index (χ1v) is 9.28. The Morgan fingerprint density at radius 3 is 2.82 bits per heavy atom. The molecule has 0 saturated carbocycles. The minimum Gasteiger partial charge on any atom is -0.481 e. The Bertz CT molecular complexity index is 846. The lowest BCUT2D eigenvalue weighted by Gasteiger charge is -2.17. The molecule has 3 rings (SSSR count). The Kier molecular flexibility index (Phi) is 6.13. The number of benzene rings is 1. The van der Waals surface area contributed by atoms with Crippen molar-refractivity contribution in [1.82, 2.24) is 10.2 Å². The highest BCUT2D eigenvalue weighted by Crippen LogP contribution is 2.21. The van der Waals surface area contributed by atoms with Crippen LogP contribution in [0.5, 0.6) is 0 Å². The second-order valence-corrected chi connectivity index (χ2v) is 7.23. The molecule has 2 heterocycles. The lowest BCUT2D eigenvalue weighted by atomic mass is 9.97. The highest BCUT2D eigenvalue weighted by atomic mass is 16.4. The first kappa shape index (κ1) is 19.7. The number of hydrogen-bond donors (Lipinski definition) is 2. The number of likely N-dealkylation sites (tertiary alicyclic amines) is 1. The van der Waals surface area contributed by atoms with Crippen molar-refractivity contribution in [3.63, 3.8) is 0 Å². The van der Waals surface area contributed by atoms with Crippen LogP contribution in [0.25, 0.3) is 0 Å². The van der Waals surface area contributed by atoms with Crippen LogP contribution in [-0.4, -0.2) is 40.9 Å². The zero-order valence-electron chi connectivity index (χ0n) is 15.8. The maximum absolute atomic E-state index is 12.5. The summed E-state index contributed by atoms with van der Waals surface area (Å²) in [6, 6.07) is 11.2. The molecule has 2 N–H and O–H groups in total. The molecule has 1 saturated heterocycles. The van der Waals surface area contributed by atoms with E-state index < -0.39 is 17.8 Å². The molecular weight excluding hydrogens is 360 g/mol. The van der Waals surface area contributed by atoms with Crippen LogP contribution in [0.1, 0.15) is 23.3 Å². The third-order valence-corrected chi connectivity index (χ3v) is 4.95. The molecule has 7 heteroatoms. The maximum Gasteiger partial charge on any atom is 0.308 e. The van der Waals surface area contributed by atoms with Crippen LogP contribution >= 0.6 is 0 Å². The number of carboxylic acid groups (broad SMARTS) is 1. The van der Waals surface area contributed by atoms with E-state index in [-0.39, 0.29) is 24.8 Å². The molecule has 2 aromatic rings. The molecule has 1 aliphatic heterocycles. The third-order valence-electron chi connectivity index (χ3n) is 4.95. The van der Waals surface area contributed by atoms with Gasteiger partial charge in [-0.3, -0.25) is 14.4 Å². The summed E-state index contributed by atoms with van der Waals surface area (Å²) in [7, 11) is 0. The Morgan fingerprint density at radius 2 is 2.14 bits per heavy atom. The van der Waals surface area contributed by atoms with Crippen molar-refractivity contribution in [3.8, 4) is 0 Å². The van der Waals surface area contributed by atoms with Gasteiger partial charge in [-0.25, -0.2) is 0 Å². The van der Waals surface area contributed by atoms with Gasteiger partial charge in [-0.1, -0.05) is 29.8 Å². The molecule has 0 unspecified atom stereocenters. The summed E-state index contributed by atoms with van der Waals surface area (Å²) in [6.07, 6.45) is 2.01. The van der Waals surface area contributed by atoms with Crippen molar-refractivity contribution < 1.29 is 23.9 Å². The number of aliphatic carboxylic acids is 1. The Hall–Kier alpha value is -3.09. The van der Waals surface area contributed by atoms with Gasteiger partial charge in [-0.05, 0) is 31.0 Å². The van der Waals surface area contributed by atoms with Crippen LogP contribution in [0, 0.1) is 18.8 Å². The van der Waals surface area contributed by atoms with Gasteiger partial charge in [0.05, 0.1) is 24.6 Å². The molecule has 28 heavy (non-hydrogen) atoms. The lowest BCUT2D eigenvalue weighted by molar-refractivity contribution is -0.141. The molecule has 1 fully saturated rings. The number of furan rings is 1. The molecule has 1 aliphatic rings. The molecule has 7 nitrogen and oxygen atoms in total. The number of hydrogen-bond acceptors (Lipinski definition) is 4. The second kappa shape index (κ2) is 8.73. The summed E-state index contributed by atoms with van der Waals surface area (Å²) < 4.78 is 5.25. The fourth-order valence-corrected chi connectivity index (χ4v) is 3.43. The normalized spacial score (nSPS) is 17.5. The third kappa shape index (κ3) is 5.00. The molecule has 2 amide bonds. The predicted octanol–water partition coefficient (Wildman–Crippen LogP) is 2.00. The molecule has 0 bridgehead atoms. The topological polar surface area (TPSA) is 99.9 Å². The van der Waals surface area contributed by atoms with Crippen molar-refractivity contribution in [3.05, 3.63) is 59.5 Å². The van der Waals surface area contributed by atoms with E-state index in [9.17, 15) is 19.5 Å². The van der Waals surface area contributed by atoms with Crippen molar-refractivity contribution in [2.24, 2.45) is 11.8 Å². The summed E-state index contributed by atoms with van der Waals surface area (Å²) in [6.45, 7) is 2.62. The number of rotatable bonds is 8. The van der Waals surface area contributed by atoms with Gasteiger partial charge in [0.1, 0.15) is 5.76 Å². The van der Waals surface area contributed by atoms with Crippen LogP contribution in [-0.2, 0) is 27.3 Å². The Morgan fingerprint density at radius 1 is 1.32 bits per heavy atom. The number of carbonyl (C=O) groups excluding carboxylic acids is 2. The van der Waals surface area contributed by atoms with Gasteiger partial charge >= 0.3 is 5.97 Å². The van der Waals surface area contributed by atoms with Crippen LogP contribution in [0.15, 0.2) is 47.1 Å². The van der Waals surface area contributed by atoms with Crippen LogP contribution < -0.4 is 5.32 Å². The Labute approximate surface area is 163 Å². The quantitative estimate of drug-likeness (QED) is 0.725. The monoisotopic (exact) mass is 384 g/mol. The minimum absolute atomic E-state index is 0.0327. The van der Waals surface area contributed by atoms with Crippen molar-refractivity contribution in [2.75, 3.05) is 13.1 Å². The van der Waals surface area contributed by atoms with E-state index in [1.807, 2.05) is 31.2 Å². The van der Waals surface area contributed by atoms with Gasteiger partial charge in [0.2, 0.25) is 11.8 Å². The second-order valence-electron chi connectivity index (χ2n) is 7.23. The van der Waals surface area contributed by atoms with Crippen molar-refractivity contribution in [2.45, 2.75) is 26.3 Å². The number of carboxylic acids is 1. The van der Waals surface area contributed by atoms with Crippen LogP contribution in [0.2, 0.25) is 0 Å². The number of aryl methyl sites for hydroxylation is 1. The highest BCUT2D eigenvalue weighted by Gasteiger charge is 2.35. The van der Waals surface area contributed by atoms with E-state index in [1.54, 1.807) is 23.3 Å². The minimum atomic E-state index is -0.955. The molecule has 0 aliphatic carbocycles. The average Bonchev–Trinajstić information content (AvgIpc) is 3.29. The zero-order chi connectivity index (χ0) is 20.1. The van der Waals surface area contributed by atoms with Crippen LogP contribution in [0.4, 0.5) is 0 Å². The summed E-state index contributed by atoms with van der Waals surface area (Å²) in [5.74, 6) is -1.88. The molecule has 1 aromatic carbocycles. The molecule has 2 atom stereocenters. The molecular formula is C21H24N2O5. The van der Waals surface area contributed by atoms with Crippen LogP contribution in [0.3, 0.4) is 0 Å². The SMILES string of the molecule is Cc1cccc(C[C@@H](CNC(=O)[C@H]2CC(=O)N(Cc3ccco3)C2)C(=O)O)c1. The van der Waals surface area contributed by atoms with Gasteiger partial charge in [0.15, 0.2) is 0 Å². The first-order chi connectivity index (χ1) is 13.4. The van der Waals surface area contributed by atoms with Crippen molar-refractivity contribution in [1.29, 1.82) is 0 Å². The van der Waals surface area contributed by atoms with E-state index in [0.717, 1.165) is 11.1 Å². The van der Waals surface area contributed by atoms with Gasteiger partial charge < -0.3 is 19.7 Å². The summed E-state index contributed by atoms with van der Waals surface area (Å²) in [5.41, 5.74) is 1.98. The molecule has 148 valence electrons. The standard InChI is InChI=1S/C21H24N2O5/c1-14-4-2-5-15(8-14)9-16(21(26)27)11-22-20(25)17-10-19(24)23(12-17)13-18-6-3-7-28-18/h2-8,16-17H,9-13H2,1H3,(H,22,25)(H,26,27)/t16-,17-/m0/s1. The van der Waals surface area contributed by atoms with E-state index in [0.29, 0.717) is 25.3 Å². The summed E-state index contributed by atoms with van der Waals surface area (Å²) >= 11 is 0. The van der Waals surface area contributed by atoms with Gasteiger partial charge in [-0.2, -0.15) is 0 Å². The number of carbonyl (C=O) groups is 3. The predicted molar refractivity (Wildman–Crippen MR) is 101 cm³/mol. The van der Waals surface area contributed by atoms with Gasteiger partial charge in [0.25, 0.3) is 0 Å². The molecule has 0 radical (unpaired) electrons. The molecule has 1 aromatic heterocycles. The lowest BCUT2D eigenvalue weighted by Crippen LogP contribution is -2.38. The zero-order valence-corrected chi connectivity index (χ0v) is 15.8. The number of amides is 2. The van der Waals surface area contributed by atoms with E-state index in [4.69, 9.17) is 4.42 Å². The fraction of sp³-hybridized carbons (Fsp3) is 0.381. The summed E-state index contributed by atoms with van der Waals surface area (Å²) in [5, 5.41) is 12.2.